The van der Waals surface area contributed by atoms with Crippen LogP contribution < -0.4 is 11.0 Å². The molecule has 0 bridgehead atoms. The van der Waals surface area contributed by atoms with Crippen molar-refractivity contribution in [2.24, 2.45) is 13.0 Å². The van der Waals surface area contributed by atoms with Gasteiger partial charge in [0.25, 0.3) is 0 Å². The fraction of sp³-hybridized carbons (Fsp3) is 0.529. The standard InChI is InChI=1S/C17H25N3O3/c1-4-12(5-2)15(21)10-18-16(22)11-20-14-9-7-6-8-13(14)19(3)17(20)23/h6-9,12,15,21H,4-5,10-11H2,1-3H3,(H,18,22). The highest BCUT2D eigenvalue weighted by molar-refractivity contribution is 5.80. The summed E-state index contributed by atoms with van der Waals surface area (Å²) in [7, 11) is 1.69. The average Bonchev–Trinajstić information content (AvgIpc) is 2.79. The maximum atomic E-state index is 12.3. The number of aliphatic hydroxyl groups excluding tert-OH is 1. The lowest BCUT2D eigenvalue weighted by Crippen LogP contribution is -2.39. The summed E-state index contributed by atoms with van der Waals surface area (Å²) in [6, 6.07) is 7.37. The lowest BCUT2D eigenvalue weighted by atomic mass is 9.96. The monoisotopic (exact) mass is 319 g/mol. The molecular formula is C17H25N3O3. The van der Waals surface area contributed by atoms with Crippen LogP contribution in [0.1, 0.15) is 26.7 Å². The molecule has 0 aliphatic heterocycles. The zero-order chi connectivity index (χ0) is 17.0. The van der Waals surface area contributed by atoms with Gasteiger partial charge in [0.2, 0.25) is 5.91 Å². The van der Waals surface area contributed by atoms with Crippen molar-refractivity contribution in [1.29, 1.82) is 0 Å². The minimum atomic E-state index is -0.557. The van der Waals surface area contributed by atoms with Crippen LogP contribution in [-0.2, 0) is 18.4 Å². The van der Waals surface area contributed by atoms with E-state index in [2.05, 4.69) is 5.32 Å². The normalized spacial score (nSPS) is 12.7. The smallest absolute Gasteiger partial charge is 0.329 e. The summed E-state index contributed by atoms with van der Waals surface area (Å²) < 4.78 is 2.98. The molecule has 6 nitrogen and oxygen atoms in total. The number of aliphatic hydroxyl groups is 1. The Morgan fingerprint density at radius 2 is 1.83 bits per heavy atom. The highest BCUT2D eigenvalue weighted by atomic mass is 16.3. The van der Waals surface area contributed by atoms with Gasteiger partial charge in [-0.15, -0.1) is 0 Å². The quantitative estimate of drug-likeness (QED) is 0.806. The third-order valence-electron chi connectivity index (χ3n) is 4.45. The van der Waals surface area contributed by atoms with Gasteiger partial charge in [0, 0.05) is 13.6 Å². The predicted molar refractivity (Wildman–Crippen MR) is 90.3 cm³/mol. The number of nitrogens with one attached hydrogen (secondary N) is 1. The van der Waals surface area contributed by atoms with Crippen molar-refractivity contribution < 1.29 is 9.90 Å². The van der Waals surface area contributed by atoms with Crippen molar-refractivity contribution in [1.82, 2.24) is 14.5 Å². The van der Waals surface area contributed by atoms with Gasteiger partial charge in [-0.05, 0) is 18.1 Å². The molecule has 1 heterocycles. The molecule has 0 fully saturated rings. The summed E-state index contributed by atoms with van der Waals surface area (Å²) in [5, 5.41) is 12.8. The van der Waals surface area contributed by atoms with E-state index in [0.29, 0.717) is 0 Å². The Balaban J connectivity index is 2.07. The molecule has 0 aliphatic rings. The number of benzene rings is 1. The summed E-state index contributed by atoms with van der Waals surface area (Å²) in [5.74, 6) is -0.0935. The molecule has 1 aromatic heterocycles. The van der Waals surface area contributed by atoms with Crippen LogP contribution in [0.25, 0.3) is 11.0 Å². The molecule has 0 saturated carbocycles. The molecule has 6 heteroatoms. The molecular weight excluding hydrogens is 294 g/mol. The van der Waals surface area contributed by atoms with Gasteiger partial charge in [-0.2, -0.15) is 0 Å². The first-order valence-corrected chi connectivity index (χ1v) is 8.08. The molecule has 126 valence electrons. The summed E-state index contributed by atoms with van der Waals surface area (Å²) in [5.41, 5.74) is 1.31. The molecule has 0 saturated heterocycles. The number of aromatic nitrogens is 2. The SMILES string of the molecule is CCC(CC)C(O)CNC(=O)Cn1c(=O)n(C)c2ccccc21. The average molecular weight is 319 g/mol. The first kappa shape index (κ1) is 17.3. The molecule has 1 atom stereocenters. The number of para-hydroxylation sites is 2. The maximum absolute atomic E-state index is 12.3. The van der Waals surface area contributed by atoms with Crippen LogP contribution in [0.2, 0.25) is 0 Å². The zero-order valence-corrected chi connectivity index (χ0v) is 14.0. The number of hydrogen-bond donors (Lipinski definition) is 2. The number of nitrogens with zero attached hydrogens (tertiary/aromatic N) is 2. The fourth-order valence-corrected chi connectivity index (χ4v) is 2.93. The van der Waals surface area contributed by atoms with Crippen molar-refractivity contribution in [3.63, 3.8) is 0 Å². The van der Waals surface area contributed by atoms with Gasteiger partial charge in [0.15, 0.2) is 0 Å². The molecule has 2 N–H and O–H groups in total. The maximum Gasteiger partial charge on any atom is 0.329 e. The second-order valence-corrected chi connectivity index (χ2v) is 5.86. The molecule has 0 spiro atoms. The molecule has 1 amide bonds. The van der Waals surface area contributed by atoms with Crippen LogP contribution in [-0.4, -0.2) is 32.8 Å². The van der Waals surface area contributed by atoms with Gasteiger partial charge in [0.1, 0.15) is 6.54 Å². The van der Waals surface area contributed by atoms with Gasteiger partial charge < -0.3 is 10.4 Å². The van der Waals surface area contributed by atoms with E-state index in [0.717, 1.165) is 23.9 Å². The number of amides is 1. The second kappa shape index (κ2) is 7.46. The first-order valence-electron chi connectivity index (χ1n) is 8.08. The van der Waals surface area contributed by atoms with Gasteiger partial charge in [-0.1, -0.05) is 38.8 Å². The Morgan fingerprint density at radius 1 is 1.22 bits per heavy atom. The van der Waals surface area contributed by atoms with E-state index in [-0.39, 0.29) is 30.6 Å². The summed E-state index contributed by atoms with van der Waals surface area (Å²) in [6.07, 6.45) is 1.19. The summed E-state index contributed by atoms with van der Waals surface area (Å²) in [6.45, 7) is 4.21. The Morgan fingerprint density at radius 3 is 2.43 bits per heavy atom. The lowest BCUT2D eigenvalue weighted by molar-refractivity contribution is -0.122. The number of imidazole rings is 1. The van der Waals surface area contributed by atoms with Gasteiger partial charge in [-0.25, -0.2) is 4.79 Å². The molecule has 0 aliphatic carbocycles. The molecule has 2 rings (SSSR count). The van der Waals surface area contributed by atoms with Gasteiger partial charge >= 0.3 is 5.69 Å². The molecule has 1 unspecified atom stereocenters. The van der Waals surface area contributed by atoms with Crippen molar-refractivity contribution in [2.45, 2.75) is 39.3 Å². The van der Waals surface area contributed by atoms with Crippen LogP contribution in [0, 0.1) is 5.92 Å². The first-order chi connectivity index (χ1) is 11.0. The Labute approximate surface area is 135 Å². The Kier molecular flexibility index (Phi) is 5.60. The third kappa shape index (κ3) is 3.64. The van der Waals surface area contributed by atoms with Crippen LogP contribution in [0.4, 0.5) is 0 Å². The zero-order valence-electron chi connectivity index (χ0n) is 14.0. The number of carbonyl (C=O) groups excluding carboxylic acids is 1. The summed E-state index contributed by atoms with van der Waals surface area (Å²) >= 11 is 0. The van der Waals surface area contributed by atoms with Gasteiger partial charge in [0.05, 0.1) is 17.1 Å². The second-order valence-electron chi connectivity index (χ2n) is 5.86. The van der Waals surface area contributed by atoms with Crippen molar-refractivity contribution in [2.75, 3.05) is 6.54 Å². The molecule has 2 aromatic rings. The topological polar surface area (TPSA) is 76.3 Å². The van der Waals surface area contributed by atoms with E-state index in [9.17, 15) is 14.7 Å². The summed E-state index contributed by atoms with van der Waals surface area (Å²) in [4.78, 5) is 24.4. The Hall–Kier alpha value is -2.08. The minimum absolute atomic E-state index is 0.0458. The van der Waals surface area contributed by atoms with E-state index in [1.54, 1.807) is 7.05 Å². The van der Waals surface area contributed by atoms with Gasteiger partial charge in [-0.3, -0.25) is 13.9 Å². The fourth-order valence-electron chi connectivity index (χ4n) is 2.93. The van der Waals surface area contributed by atoms with Crippen molar-refractivity contribution >= 4 is 16.9 Å². The molecule has 1 aromatic carbocycles. The van der Waals surface area contributed by atoms with E-state index in [4.69, 9.17) is 0 Å². The number of rotatable bonds is 7. The van der Waals surface area contributed by atoms with E-state index in [1.165, 1.54) is 9.13 Å². The molecule has 23 heavy (non-hydrogen) atoms. The number of aryl methyl sites for hydroxylation is 1. The van der Waals surface area contributed by atoms with Crippen molar-refractivity contribution in [3.05, 3.63) is 34.7 Å². The highest BCUT2D eigenvalue weighted by Gasteiger charge is 2.17. The van der Waals surface area contributed by atoms with E-state index in [1.807, 2.05) is 38.1 Å². The molecule has 0 radical (unpaired) electrons. The van der Waals surface area contributed by atoms with Crippen LogP contribution in [0.5, 0.6) is 0 Å². The largest absolute Gasteiger partial charge is 0.391 e. The van der Waals surface area contributed by atoms with E-state index >= 15 is 0 Å². The Bertz CT molecular complexity index is 728. The predicted octanol–water partition coefficient (Wildman–Crippen LogP) is 1.25. The third-order valence-corrected chi connectivity index (χ3v) is 4.45. The van der Waals surface area contributed by atoms with Crippen LogP contribution in [0.3, 0.4) is 0 Å². The number of carbonyl (C=O) groups is 1. The van der Waals surface area contributed by atoms with Crippen molar-refractivity contribution in [3.8, 4) is 0 Å². The minimum Gasteiger partial charge on any atom is -0.391 e. The number of hydrogen-bond acceptors (Lipinski definition) is 3. The highest BCUT2D eigenvalue weighted by Crippen LogP contribution is 2.13. The van der Waals surface area contributed by atoms with E-state index < -0.39 is 6.10 Å². The number of fused-ring (bicyclic) bond motifs is 1. The lowest BCUT2D eigenvalue weighted by Gasteiger charge is -2.20. The van der Waals surface area contributed by atoms with Crippen LogP contribution in [0.15, 0.2) is 29.1 Å². The van der Waals surface area contributed by atoms with Crippen LogP contribution >= 0.6 is 0 Å².